The number of amides is 1. The Kier molecular flexibility index (Phi) is 6.64. The van der Waals surface area contributed by atoms with Gasteiger partial charge in [0.05, 0.1) is 11.3 Å². The predicted molar refractivity (Wildman–Crippen MR) is 95.8 cm³/mol. The van der Waals surface area contributed by atoms with Crippen molar-refractivity contribution >= 4 is 23.6 Å². The number of hydrogen-bond donors (Lipinski definition) is 2. The van der Waals surface area contributed by atoms with Crippen LogP contribution in [-0.4, -0.2) is 28.2 Å². The van der Waals surface area contributed by atoms with Crippen molar-refractivity contribution in [3.8, 4) is 0 Å². The van der Waals surface area contributed by atoms with Gasteiger partial charge in [0, 0.05) is 28.7 Å². The number of thioether (sulfide) groups is 1. The number of carboxylic acid groups (broad SMARTS) is 1. The Morgan fingerprint density at radius 3 is 2.68 bits per heavy atom. The molecular weight excluding hydrogens is 340 g/mol. The third-order valence-corrected chi connectivity index (χ3v) is 4.95. The van der Waals surface area contributed by atoms with Gasteiger partial charge in [0.15, 0.2) is 0 Å². The van der Waals surface area contributed by atoms with Crippen LogP contribution in [0.25, 0.3) is 0 Å². The summed E-state index contributed by atoms with van der Waals surface area (Å²) in [7, 11) is 0. The van der Waals surface area contributed by atoms with Gasteiger partial charge in [0.2, 0.25) is 0 Å². The molecule has 2 aromatic rings. The molecule has 0 aliphatic rings. The molecule has 0 aliphatic heterocycles. The third kappa shape index (κ3) is 5.35. The van der Waals surface area contributed by atoms with Gasteiger partial charge in [-0.25, -0.2) is 0 Å². The molecule has 0 saturated carbocycles. The van der Waals surface area contributed by atoms with Crippen molar-refractivity contribution in [2.75, 3.05) is 0 Å². The minimum absolute atomic E-state index is 0.0316. The molecule has 1 aromatic heterocycles. The molecule has 1 aromatic carbocycles. The van der Waals surface area contributed by atoms with Gasteiger partial charge < -0.3 is 14.9 Å². The normalized spacial score (nSPS) is 12.0. The Morgan fingerprint density at radius 2 is 2.04 bits per heavy atom. The van der Waals surface area contributed by atoms with Crippen molar-refractivity contribution in [2.45, 2.75) is 50.3 Å². The summed E-state index contributed by atoms with van der Waals surface area (Å²) in [5.74, 6) is 0.394. The molecule has 1 heterocycles. The summed E-state index contributed by atoms with van der Waals surface area (Å²) in [6.07, 6.45) is 0.430. The molecule has 0 bridgehead atoms. The summed E-state index contributed by atoms with van der Waals surface area (Å²) in [6.45, 7) is 5.58. The molecule has 1 amide bonds. The highest BCUT2D eigenvalue weighted by Gasteiger charge is 2.16. The highest BCUT2D eigenvalue weighted by atomic mass is 32.2. The molecule has 0 spiro atoms. The summed E-state index contributed by atoms with van der Waals surface area (Å²) in [6, 6.07) is 7.18. The first kappa shape index (κ1) is 19.1. The predicted octanol–water partition coefficient (Wildman–Crippen LogP) is 3.57. The summed E-state index contributed by atoms with van der Waals surface area (Å²) >= 11 is 1.55. The number of carbonyl (C=O) groups excluding carboxylic acids is 1. The quantitative estimate of drug-likeness (QED) is 0.698. The molecule has 134 valence electrons. The van der Waals surface area contributed by atoms with Crippen LogP contribution in [0.5, 0.6) is 0 Å². The van der Waals surface area contributed by atoms with Crippen LogP contribution in [0.15, 0.2) is 33.7 Å². The molecule has 25 heavy (non-hydrogen) atoms. The first-order valence-electron chi connectivity index (χ1n) is 8.04. The summed E-state index contributed by atoms with van der Waals surface area (Å²) in [5.41, 5.74) is 2.48. The lowest BCUT2D eigenvalue weighted by Crippen LogP contribution is -2.33. The van der Waals surface area contributed by atoms with E-state index in [1.807, 2.05) is 32.0 Å². The minimum Gasteiger partial charge on any atom is -0.481 e. The van der Waals surface area contributed by atoms with Crippen LogP contribution in [0.1, 0.15) is 47.1 Å². The number of benzene rings is 1. The average molecular weight is 362 g/mol. The van der Waals surface area contributed by atoms with E-state index in [0.717, 1.165) is 21.9 Å². The smallest absolute Gasteiger partial charge is 0.303 e. The van der Waals surface area contributed by atoms with Gasteiger partial charge in [0.1, 0.15) is 5.76 Å². The van der Waals surface area contributed by atoms with Crippen LogP contribution in [-0.2, 0) is 10.5 Å². The van der Waals surface area contributed by atoms with Crippen molar-refractivity contribution in [1.29, 1.82) is 0 Å². The molecule has 0 saturated heterocycles. The number of aliphatic carboxylic acids is 1. The molecule has 0 aliphatic carbocycles. The largest absolute Gasteiger partial charge is 0.481 e. The zero-order chi connectivity index (χ0) is 18.4. The molecule has 7 heteroatoms. The molecule has 0 fully saturated rings. The Balaban J connectivity index is 2.04. The number of rotatable bonds is 8. The molecule has 2 rings (SSSR count). The van der Waals surface area contributed by atoms with Gasteiger partial charge in [-0.2, -0.15) is 0 Å². The van der Waals surface area contributed by atoms with Gasteiger partial charge in [0.25, 0.3) is 5.91 Å². The van der Waals surface area contributed by atoms with Crippen LogP contribution in [0.4, 0.5) is 0 Å². The van der Waals surface area contributed by atoms with E-state index in [2.05, 4.69) is 10.5 Å². The first-order valence-corrected chi connectivity index (χ1v) is 9.03. The maximum atomic E-state index is 12.5. The number of carboxylic acids is 1. The topological polar surface area (TPSA) is 92.4 Å². The van der Waals surface area contributed by atoms with Crippen molar-refractivity contribution in [1.82, 2.24) is 10.5 Å². The Labute approximate surface area is 151 Å². The number of carbonyl (C=O) groups is 2. The second kappa shape index (κ2) is 8.71. The first-order chi connectivity index (χ1) is 11.9. The van der Waals surface area contributed by atoms with Crippen LogP contribution in [0.2, 0.25) is 0 Å². The number of nitrogens with one attached hydrogen (secondary N) is 1. The zero-order valence-corrected chi connectivity index (χ0v) is 15.4. The monoisotopic (exact) mass is 362 g/mol. The maximum Gasteiger partial charge on any atom is 0.303 e. The number of aryl methyl sites for hydroxylation is 2. The molecule has 0 radical (unpaired) electrons. The summed E-state index contributed by atoms with van der Waals surface area (Å²) in [5, 5.41) is 15.5. The fourth-order valence-corrected chi connectivity index (χ4v) is 3.55. The zero-order valence-electron chi connectivity index (χ0n) is 14.5. The Bertz CT molecular complexity index is 738. The SMILES string of the molecule is Cc1noc(C)c1CSc1ccccc1C(=O)NC(C)CCC(=O)O. The molecule has 1 atom stereocenters. The van der Waals surface area contributed by atoms with E-state index in [0.29, 0.717) is 17.7 Å². The number of nitrogens with zero attached hydrogens (tertiary/aromatic N) is 1. The van der Waals surface area contributed by atoms with Gasteiger partial charge in [-0.1, -0.05) is 17.3 Å². The van der Waals surface area contributed by atoms with Gasteiger partial charge >= 0.3 is 5.97 Å². The lowest BCUT2D eigenvalue weighted by molar-refractivity contribution is -0.137. The minimum atomic E-state index is -0.864. The van der Waals surface area contributed by atoms with Crippen LogP contribution in [0.3, 0.4) is 0 Å². The number of hydrogen-bond acceptors (Lipinski definition) is 5. The third-order valence-electron chi connectivity index (χ3n) is 3.85. The van der Waals surface area contributed by atoms with Crippen LogP contribution in [0, 0.1) is 13.8 Å². The fraction of sp³-hybridized carbons (Fsp3) is 0.389. The Hall–Kier alpha value is -2.28. The van der Waals surface area contributed by atoms with Crippen molar-refractivity contribution in [2.24, 2.45) is 0 Å². The summed E-state index contributed by atoms with van der Waals surface area (Å²) < 4.78 is 5.17. The standard InChI is InChI=1S/C18H22N2O4S/c1-11(8-9-17(21)22)19-18(23)14-6-4-5-7-16(14)25-10-15-12(2)20-24-13(15)3/h4-7,11H,8-10H2,1-3H3,(H,19,23)(H,21,22). The molecule has 2 N–H and O–H groups in total. The van der Waals surface area contributed by atoms with Crippen molar-refractivity contribution in [3.05, 3.63) is 46.8 Å². The lowest BCUT2D eigenvalue weighted by atomic mass is 10.1. The van der Waals surface area contributed by atoms with E-state index in [1.54, 1.807) is 24.8 Å². The van der Waals surface area contributed by atoms with Gasteiger partial charge in [-0.05, 0) is 39.3 Å². The van der Waals surface area contributed by atoms with Crippen molar-refractivity contribution < 1.29 is 19.2 Å². The molecule has 6 nitrogen and oxygen atoms in total. The van der Waals surface area contributed by atoms with E-state index >= 15 is 0 Å². The van der Waals surface area contributed by atoms with E-state index < -0.39 is 5.97 Å². The lowest BCUT2D eigenvalue weighted by Gasteiger charge is -2.14. The maximum absolute atomic E-state index is 12.5. The van der Waals surface area contributed by atoms with E-state index in [9.17, 15) is 9.59 Å². The molecular formula is C18H22N2O4S. The van der Waals surface area contributed by atoms with Crippen LogP contribution < -0.4 is 5.32 Å². The number of aromatic nitrogens is 1. The van der Waals surface area contributed by atoms with E-state index in [4.69, 9.17) is 9.63 Å². The van der Waals surface area contributed by atoms with Gasteiger partial charge in [-0.3, -0.25) is 9.59 Å². The van der Waals surface area contributed by atoms with E-state index in [1.165, 1.54) is 0 Å². The summed E-state index contributed by atoms with van der Waals surface area (Å²) in [4.78, 5) is 24.0. The van der Waals surface area contributed by atoms with Crippen molar-refractivity contribution in [3.63, 3.8) is 0 Å². The average Bonchev–Trinajstić information content (AvgIpc) is 2.89. The highest BCUT2D eigenvalue weighted by Crippen LogP contribution is 2.28. The second-order valence-electron chi connectivity index (χ2n) is 5.89. The highest BCUT2D eigenvalue weighted by molar-refractivity contribution is 7.98. The molecule has 1 unspecified atom stereocenters. The van der Waals surface area contributed by atoms with Gasteiger partial charge in [-0.15, -0.1) is 11.8 Å². The van der Waals surface area contributed by atoms with Crippen LogP contribution >= 0.6 is 11.8 Å². The fourth-order valence-electron chi connectivity index (χ4n) is 2.35. The van der Waals surface area contributed by atoms with E-state index in [-0.39, 0.29) is 18.4 Å². The Morgan fingerprint density at radius 1 is 1.32 bits per heavy atom. The second-order valence-corrected chi connectivity index (χ2v) is 6.91.